The maximum Gasteiger partial charge on any atom is 0.327 e. The zero-order valence-corrected chi connectivity index (χ0v) is 21.9. The van der Waals surface area contributed by atoms with Crippen LogP contribution in [0.1, 0.15) is 69.2 Å². The van der Waals surface area contributed by atoms with Crippen LogP contribution in [-0.4, -0.2) is 36.1 Å². The number of likely N-dealkylation sites (tertiary alicyclic amines) is 1. The quantitative estimate of drug-likeness (QED) is 0.404. The van der Waals surface area contributed by atoms with E-state index in [1.807, 2.05) is 57.2 Å². The first-order chi connectivity index (χ1) is 17.3. The summed E-state index contributed by atoms with van der Waals surface area (Å²) >= 11 is 0. The molecule has 2 aromatic carbocycles. The van der Waals surface area contributed by atoms with Gasteiger partial charge in [0.1, 0.15) is 11.2 Å². The van der Waals surface area contributed by atoms with Crippen LogP contribution in [0.3, 0.4) is 0 Å². The fourth-order valence-electron chi connectivity index (χ4n) is 4.61. The molecule has 0 bridgehead atoms. The molecule has 0 aliphatic carbocycles. The van der Waals surface area contributed by atoms with Gasteiger partial charge in [-0.15, -0.1) is 0 Å². The van der Waals surface area contributed by atoms with Crippen molar-refractivity contribution in [3.8, 4) is 5.75 Å². The predicted octanol–water partition coefficient (Wildman–Crippen LogP) is 5.03. The van der Waals surface area contributed by atoms with Crippen LogP contribution in [0.25, 0.3) is 0 Å². The topological polar surface area (TPSA) is 99.8 Å². The Hall–Kier alpha value is -3.55. The van der Waals surface area contributed by atoms with Crippen molar-refractivity contribution in [2.45, 2.75) is 72.2 Å². The SMILES string of the molecule is CCCC(NC(=O)N1C(=O)C(CC)(CC)[C@@H]1Oc1ccc(CNC(=O)NC)cc1)c1ccc(C)cc1. The van der Waals surface area contributed by atoms with E-state index in [4.69, 9.17) is 4.74 Å². The minimum Gasteiger partial charge on any atom is -0.469 e. The molecule has 3 rings (SSSR count). The van der Waals surface area contributed by atoms with Crippen molar-refractivity contribution in [2.24, 2.45) is 5.41 Å². The lowest BCUT2D eigenvalue weighted by Crippen LogP contribution is -2.73. The normalized spacial score (nSPS) is 17.1. The zero-order valence-electron chi connectivity index (χ0n) is 21.9. The number of urea groups is 2. The number of rotatable bonds is 10. The average molecular weight is 495 g/mol. The molecule has 5 amide bonds. The fourth-order valence-corrected chi connectivity index (χ4v) is 4.61. The fraction of sp³-hybridized carbons (Fsp3) is 0.464. The van der Waals surface area contributed by atoms with E-state index in [0.29, 0.717) is 25.1 Å². The third-order valence-corrected chi connectivity index (χ3v) is 7.04. The minimum atomic E-state index is -0.749. The molecule has 1 fully saturated rings. The van der Waals surface area contributed by atoms with Gasteiger partial charge in [0.25, 0.3) is 0 Å². The number of β-lactam (4-membered cyclic amide) rings is 1. The van der Waals surface area contributed by atoms with E-state index in [9.17, 15) is 14.4 Å². The Balaban J connectivity index is 1.77. The number of hydrogen-bond acceptors (Lipinski definition) is 4. The second-order valence-electron chi connectivity index (χ2n) is 9.29. The Labute approximate surface area is 213 Å². The maximum absolute atomic E-state index is 13.4. The summed E-state index contributed by atoms with van der Waals surface area (Å²) in [5.74, 6) is 0.351. The molecule has 1 saturated heterocycles. The number of nitrogens with one attached hydrogen (secondary N) is 3. The predicted molar refractivity (Wildman–Crippen MR) is 139 cm³/mol. The number of amides is 5. The Morgan fingerprint density at radius 3 is 2.22 bits per heavy atom. The lowest BCUT2D eigenvalue weighted by atomic mass is 9.72. The van der Waals surface area contributed by atoms with Crippen LogP contribution in [0, 0.1) is 12.3 Å². The lowest BCUT2D eigenvalue weighted by Gasteiger charge is -2.53. The van der Waals surface area contributed by atoms with Crippen LogP contribution in [0.2, 0.25) is 0 Å². The molecule has 0 saturated carbocycles. The standard InChI is InChI=1S/C28H38N4O4/c1-6-9-23(21-14-10-19(4)11-15-21)31-27(35)32-24(33)28(7-2,8-3)25(32)36-22-16-12-20(13-17-22)18-30-26(34)29-5/h10-17,23,25H,6-9,18H2,1-5H3,(H,31,35)(H2,29,30,34)/t23?,25-/m0/s1. The largest absolute Gasteiger partial charge is 0.469 e. The van der Waals surface area contributed by atoms with E-state index >= 15 is 0 Å². The van der Waals surface area contributed by atoms with E-state index in [2.05, 4.69) is 22.9 Å². The highest BCUT2D eigenvalue weighted by atomic mass is 16.5. The number of imide groups is 1. The number of ether oxygens (including phenoxy) is 1. The molecule has 2 atom stereocenters. The third kappa shape index (κ3) is 5.64. The van der Waals surface area contributed by atoms with Crippen molar-refractivity contribution >= 4 is 18.0 Å². The molecule has 36 heavy (non-hydrogen) atoms. The van der Waals surface area contributed by atoms with Crippen LogP contribution in [0.5, 0.6) is 5.75 Å². The summed E-state index contributed by atoms with van der Waals surface area (Å²) in [6.07, 6.45) is 2.10. The summed E-state index contributed by atoms with van der Waals surface area (Å²) < 4.78 is 6.26. The van der Waals surface area contributed by atoms with Crippen molar-refractivity contribution in [3.05, 3.63) is 65.2 Å². The van der Waals surface area contributed by atoms with Gasteiger partial charge in [0.2, 0.25) is 5.91 Å². The summed E-state index contributed by atoms with van der Waals surface area (Å²) in [6.45, 7) is 8.38. The smallest absolute Gasteiger partial charge is 0.327 e. The van der Waals surface area contributed by atoms with E-state index in [1.165, 1.54) is 4.90 Å². The number of aryl methyl sites for hydroxylation is 1. The average Bonchev–Trinajstić information content (AvgIpc) is 2.89. The van der Waals surface area contributed by atoms with E-state index in [1.54, 1.807) is 19.2 Å². The van der Waals surface area contributed by atoms with E-state index in [0.717, 1.165) is 29.5 Å². The first kappa shape index (κ1) is 27.0. The Bertz CT molecular complexity index is 1050. The molecular weight excluding hydrogens is 456 g/mol. The van der Waals surface area contributed by atoms with Gasteiger partial charge in [-0.2, -0.15) is 0 Å². The van der Waals surface area contributed by atoms with Crippen molar-refractivity contribution in [1.82, 2.24) is 20.9 Å². The molecule has 1 unspecified atom stereocenters. The second kappa shape index (κ2) is 11.9. The molecule has 1 aliphatic heterocycles. The number of nitrogens with zero attached hydrogens (tertiary/aromatic N) is 1. The van der Waals surface area contributed by atoms with E-state index < -0.39 is 17.7 Å². The molecule has 0 spiro atoms. The van der Waals surface area contributed by atoms with Gasteiger partial charge in [-0.25, -0.2) is 14.5 Å². The Kier molecular flexibility index (Phi) is 8.96. The van der Waals surface area contributed by atoms with Crippen LogP contribution >= 0.6 is 0 Å². The monoisotopic (exact) mass is 494 g/mol. The molecule has 1 heterocycles. The minimum absolute atomic E-state index is 0.193. The van der Waals surface area contributed by atoms with Gasteiger partial charge in [-0.1, -0.05) is 69.2 Å². The highest BCUT2D eigenvalue weighted by Crippen LogP contribution is 2.46. The summed E-state index contributed by atoms with van der Waals surface area (Å²) in [4.78, 5) is 39.3. The van der Waals surface area contributed by atoms with Crippen molar-refractivity contribution < 1.29 is 19.1 Å². The highest BCUT2D eigenvalue weighted by molar-refractivity contribution is 6.03. The van der Waals surface area contributed by atoms with E-state index in [-0.39, 0.29) is 18.0 Å². The van der Waals surface area contributed by atoms with Crippen molar-refractivity contribution in [2.75, 3.05) is 7.05 Å². The number of carbonyl (C=O) groups is 3. The number of benzene rings is 2. The van der Waals surface area contributed by atoms with Gasteiger partial charge in [0.05, 0.1) is 6.04 Å². The maximum atomic E-state index is 13.4. The molecule has 0 aromatic heterocycles. The van der Waals surface area contributed by atoms with Gasteiger partial charge in [-0.05, 0) is 49.4 Å². The van der Waals surface area contributed by atoms with Gasteiger partial charge < -0.3 is 20.7 Å². The van der Waals surface area contributed by atoms with Gasteiger partial charge in [-0.3, -0.25) is 4.79 Å². The Morgan fingerprint density at radius 1 is 1.03 bits per heavy atom. The number of hydrogen-bond donors (Lipinski definition) is 3. The third-order valence-electron chi connectivity index (χ3n) is 7.04. The zero-order chi connectivity index (χ0) is 26.3. The van der Waals surface area contributed by atoms with Gasteiger partial charge in [0, 0.05) is 13.6 Å². The molecule has 2 aromatic rings. The van der Waals surface area contributed by atoms with Crippen molar-refractivity contribution in [1.29, 1.82) is 0 Å². The molecule has 8 heteroatoms. The first-order valence-corrected chi connectivity index (χ1v) is 12.7. The second-order valence-corrected chi connectivity index (χ2v) is 9.29. The van der Waals surface area contributed by atoms with Crippen LogP contribution in [0.15, 0.2) is 48.5 Å². The summed E-state index contributed by atoms with van der Waals surface area (Å²) in [6, 6.07) is 14.5. The van der Waals surface area contributed by atoms with Gasteiger partial charge in [0.15, 0.2) is 6.23 Å². The molecule has 1 aliphatic rings. The summed E-state index contributed by atoms with van der Waals surface area (Å²) in [5.41, 5.74) is 2.32. The molecule has 8 nitrogen and oxygen atoms in total. The molecular formula is C28H38N4O4. The van der Waals surface area contributed by atoms with Crippen molar-refractivity contribution in [3.63, 3.8) is 0 Å². The first-order valence-electron chi connectivity index (χ1n) is 12.7. The summed E-state index contributed by atoms with van der Waals surface area (Å²) in [7, 11) is 1.56. The van der Waals surface area contributed by atoms with Crippen LogP contribution in [-0.2, 0) is 11.3 Å². The highest BCUT2D eigenvalue weighted by Gasteiger charge is 2.63. The molecule has 194 valence electrons. The Morgan fingerprint density at radius 2 is 1.67 bits per heavy atom. The molecule has 0 radical (unpaired) electrons. The number of carbonyl (C=O) groups excluding carboxylic acids is 3. The van der Waals surface area contributed by atoms with Crippen LogP contribution < -0.4 is 20.7 Å². The molecule has 3 N–H and O–H groups in total. The summed E-state index contributed by atoms with van der Waals surface area (Å²) in [5, 5.41) is 8.32. The lowest BCUT2D eigenvalue weighted by molar-refractivity contribution is -0.191. The van der Waals surface area contributed by atoms with Crippen LogP contribution in [0.4, 0.5) is 9.59 Å². The van der Waals surface area contributed by atoms with Gasteiger partial charge >= 0.3 is 12.1 Å².